The number of carbonyl (C=O) groups is 2. The van der Waals surface area contributed by atoms with Crippen LogP contribution in [-0.2, 0) is 16.1 Å². The molecule has 0 aromatic heterocycles. The number of rotatable bonds is 8. The predicted molar refractivity (Wildman–Crippen MR) is 128 cm³/mol. The number of ether oxygens (including phenoxy) is 1. The van der Waals surface area contributed by atoms with Crippen molar-refractivity contribution >= 4 is 39.3 Å². The highest BCUT2D eigenvalue weighted by atomic mass is 79.9. The molecule has 0 saturated heterocycles. The summed E-state index contributed by atoms with van der Waals surface area (Å²) < 4.78 is 6.41. The maximum atomic E-state index is 13.2. The lowest BCUT2D eigenvalue weighted by atomic mass is 10.1. The first kappa shape index (κ1) is 25.2. The Kier molecular flexibility index (Phi) is 8.95. The Bertz CT molecular complexity index is 927. The van der Waals surface area contributed by atoms with Gasteiger partial charge in [-0.25, -0.2) is 0 Å². The van der Waals surface area contributed by atoms with Gasteiger partial charge >= 0.3 is 0 Å². The van der Waals surface area contributed by atoms with Crippen molar-refractivity contribution in [3.8, 4) is 5.75 Å². The molecule has 0 aliphatic heterocycles. The van der Waals surface area contributed by atoms with Crippen LogP contribution in [0, 0.1) is 6.92 Å². The van der Waals surface area contributed by atoms with Crippen molar-refractivity contribution in [1.82, 2.24) is 10.2 Å². The van der Waals surface area contributed by atoms with Crippen molar-refractivity contribution in [3.63, 3.8) is 0 Å². The maximum absolute atomic E-state index is 13.2. The van der Waals surface area contributed by atoms with E-state index in [1.807, 2.05) is 58.9 Å². The number of amides is 2. The third kappa shape index (κ3) is 7.86. The van der Waals surface area contributed by atoms with Crippen molar-refractivity contribution in [2.45, 2.75) is 59.2 Å². The molecule has 5 nitrogen and oxygen atoms in total. The van der Waals surface area contributed by atoms with Crippen LogP contribution in [-0.4, -0.2) is 34.9 Å². The summed E-state index contributed by atoms with van der Waals surface area (Å²) in [4.78, 5) is 27.8. The summed E-state index contributed by atoms with van der Waals surface area (Å²) in [6, 6.07) is 12.4. The topological polar surface area (TPSA) is 58.6 Å². The third-order valence-electron chi connectivity index (χ3n) is 4.56. The monoisotopic (exact) mass is 508 g/mol. The maximum Gasteiger partial charge on any atom is 0.261 e. The van der Waals surface area contributed by atoms with Crippen LogP contribution in [0.3, 0.4) is 0 Å². The summed E-state index contributed by atoms with van der Waals surface area (Å²) in [7, 11) is 0. The zero-order valence-corrected chi connectivity index (χ0v) is 21.0. The van der Waals surface area contributed by atoms with Crippen LogP contribution in [0.4, 0.5) is 0 Å². The van der Waals surface area contributed by atoms with Crippen LogP contribution in [0.5, 0.6) is 5.75 Å². The highest BCUT2D eigenvalue weighted by molar-refractivity contribution is 9.10. The van der Waals surface area contributed by atoms with Gasteiger partial charge in [-0.2, -0.15) is 0 Å². The van der Waals surface area contributed by atoms with Crippen molar-refractivity contribution in [2.75, 3.05) is 6.61 Å². The molecule has 1 N–H and O–H groups in total. The third-order valence-corrected chi connectivity index (χ3v) is 5.42. The van der Waals surface area contributed by atoms with Gasteiger partial charge in [0, 0.05) is 17.1 Å². The number of halogens is 2. The first-order valence-electron chi connectivity index (χ1n) is 10.2. The Morgan fingerprint density at radius 1 is 1.19 bits per heavy atom. The van der Waals surface area contributed by atoms with Crippen molar-refractivity contribution in [3.05, 3.63) is 63.1 Å². The Hall–Kier alpha value is -2.05. The first-order chi connectivity index (χ1) is 14.5. The zero-order valence-electron chi connectivity index (χ0n) is 18.7. The Morgan fingerprint density at radius 3 is 2.48 bits per heavy atom. The van der Waals surface area contributed by atoms with E-state index in [-0.39, 0.29) is 18.4 Å². The quantitative estimate of drug-likeness (QED) is 0.510. The van der Waals surface area contributed by atoms with Gasteiger partial charge in [0.15, 0.2) is 6.61 Å². The molecule has 0 spiro atoms. The van der Waals surface area contributed by atoms with E-state index in [4.69, 9.17) is 16.3 Å². The number of hydrogen-bond acceptors (Lipinski definition) is 3. The fraction of sp³-hybridized carbons (Fsp3) is 0.417. The fourth-order valence-corrected chi connectivity index (χ4v) is 3.99. The normalized spacial score (nSPS) is 12.2. The van der Waals surface area contributed by atoms with E-state index >= 15 is 0 Å². The second kappa shape index (κ2) is 11.0. The fourth-order valence-electron chi connectivity index (χ4n) is 3.19. The zero-order chi connectivity index (χ0) is 23.2. The molecule has 1 unspecified atom stereocenters. The second-order valence-electron chi connectivity index (χ2n) is 8.54. The van der Waals surface area contributed by atoms with E-state index in [1.165, 1.54) is 0 Å². The lowest BCUT2D eigenvalue weighted by Gasteiger charge is -2.33. The van der Waals surface area contributed by atoms with Crippen LogP contribution < -0.4 is 10.1 Å². The molecule has 2 aromatic rings. The molecular formula is C24H30BrClN2O3. The van der Waals surface area contributed by atoms with Gasteiger partial charge in [0.2, 0.25) is 5.91 Å². The van der Waals surface area contributed by atoms with Gasteiger partial charge in [-0.05, 0) is 73.8 Å². The first-order valence-corrected chi connectivity index (χ1v) is 11.4. The van der Waals surface area contributed by atoms with E-state index < -0.39 is 11.6 Å². The van der Waals surface area contributed by atoms with Gasteiger partial charge in [-0.3, -0.25) is 9.59 Å². The minimum atomic E-state index is -0.607. The van der Waals surface area contributed by atoms with Crippen molar-refractivity contribution in [1.29, 1.82) is 0 Å². The number of nitrogens with one attached hydrogen (secondary N) is 1. The van der Waals surface area contributed by atoms with E-state index in [9.17, 15) is 9.59 Å². The molecule has 31 heavy (non-hydrogen) atoms. The number of nitrogens with zero attached hydrogens (tertiary/aromatic N) is 1. The summed E-state index contributed by atoms with van der Waals surface area (Å²) >= 11 is 9.37. The molecule has 0 bridgehead atoms. The van der Waals surface area contributed by atoms with Gasteiger partial charge in [0.1, 0.15) is 11.8 Å². The average molecular weight is 510 g/mol. The molecule has 0 aliphatic rings. The molecule has 2 aromatic carbocycles. The summed E-state index contributed by atoms with van der Waals surface area (Å²) in [6.07, 6.45) is 0.490. The molecule has 2 amide bonds. The SMILES string of the molecule is CCC(C(=O)NC(C)(C)C)N(Cc1cccc(C)c1)C(=O)COc1ccc(Cl)cc1Br. The van der Waals surface area contributed by atoms with Crippen LogP contribution >= 0.6 is 27.5 Å². The number of carbonyl (C=O) groups excluding carboxylic acids is 2. The molecule has 2 rings (SSSR count). The number of aryl methyl sites for hydroxylation is 1. The van der Waals surface area contributed by atoms with Gasteiger partial charge in [0.05, 0.1) is 4.47 Å². The Labute approximate surface area is 198 Å². The van der Waals surface area contributed by atoms with Gasteiger partial charge in [0.25, 0.3) is 5.91 Å². The van der Waals surface area contributed by atoms with Gasteiger partial charge in [-0.15, -0.1) is 0 Å². The van der Waals surface area contributed by atoms with E-state index in [0.29, 0.717) is 28.2 Å². The van der Waals surface area contributed by atoms with Crippen LogP contribution in [0.2, 0.25) is 5.02 Å². The molecule has 168 valence electrons. The molecule has 0 heterocycles. The number of benzene rings is 2. The molecule has 0 saturated carbocycles. The van der Waals surface area contributed by atoms with Crippen molar-refractivity contribution in [2.24, 2.45) is 0 Å². The molecule has 0 fully saturated rings. The summed E-state index contributed by atoms with van der Waals surface area (Å²) in [5, 5.41) is 3.56. The van der Waals surface area contributed by atoms with Crippen LogP contribution in [0.15, 0.2) is 46.9 Å². The minimum absolute atomic E-state index is 0.177. The Morgan fingerprint density at radius 2 is 1.90 bits per heavy atom. The lowest BCUT2D eigenvalue weighted by molar-refractivity contribution is -0.143. The largest absolute Gasteiger partial charge is 0.483 e. The molecule has 1 atom stereocenters. The average Bonchev–Trinajstić information content (AvgIpc) is 2.65. The molecular weight excluding hydrogens is 480 g/mol. The van der Waals surface area contributed by atoms with E-state index in [0.717, 1.165) is 11.1 Å². The van der Waals surface area contributed by atoms with E-state index in [1.54, 1.807) is 23.1 Å². The summed E-state index contributed by atoms with van der Waals surface area (Å²) in [5.74, 6) is 0.0726. The Balaban J connectivity index is 2.26. The van der Waals surface area contributed by atoms with Crippen LogP contribution in [0.25, 0.3) is 0 Å². The van der Waals surface area contributed by atoms with Gasteiger partial charge < -0.3 is 15.0 Å². The minimum Gasteiger partial charge on any atom is -0.483 e. The smallest absolute Gasteiger partial charge is 0.261 e. The highest BCUT2D eigenvalue weighted by Gasteiger charge is 2.31. The van der Waals surface area contributed by atoms with Gasteiger partial charge in [-0.1, -0.05) is 48.4 Å². The standard InChI is InChI=1S/C24H30BrClN2O3/c1-6-20(23(30)27-24(3,4)5)28(14-17-9-7-8-16(2)12-17)22(29)15-31-21-11-10-18(26)13-19(21)25/h7-13,20H,6,14-15H2,1-5H3,(H,27,30). The molecule has 0 aliphatic carbocycles. The second-order valence-corrected chi connectivity index (χ2v) is 9.83. The van der Waals surface area contributed by atoms with E-state index in [2.05, 4.69) is 21.2 Å². The highest BCUT2D eigenvalue weighted by Crippen LogP contribution is 2.28. The van der Waals surface area contributed by atoms with Crippen LogP contribution in [0.1, 0.15) is 45.2 Å². The predicted octanol–water partition coefficient (Wildman–Crippen LogP) is 5.51. The number of hydrogen-bond donors (Lipinski definition) is 1. The van der Waals surface area contributed by atoms with Crippen molar-refractivity contribution < 1.29 is 14.3 Å². The lowest BCUT2D eigenvalue weighted by Crippen LogP contribution is -2.54. The molecule has 7 heteroatoms. The molecule has 0 radical (unpaired) electrons. The summed E-state index contributed by atoms with van der Waals surface area (Å²) in [5.41, 5.74) is 1.66. The summed E-state index contributed by atoms with van der Waals surface area (Å²) in [6.45, 7) is 9.80.